The van der Waals surface area contributed by atoms with Crippen LogP contribution in [0.25, 0.3) is 10.9 Å². The lowest BCUT2D eigenvalue weighted by molar-refractivity contribution is 0.717. The minimum atomic E-state index is -0.0548. The number of para-hydroxylation sites is 1. The van der Waals surface area contributed by atoms with Gasteiger partial charge in [0.2, 0.25) is 0 Å². The quantitative estimate of drug-likeness (QED) is 0.794. The third kappa shape index (κ3) is 1.97. The van der Waals surface area contributed by atoms with Crippen molar-refractivity contribution in [2.24, 2.45) is 5.73 Å². The summed E-state index contributed by atoms with van der Waals surface area (Å²) in [6, 6.07) is 10.1. The van der Waals surface area contributed by atoms with Gasteiger partial charge < -0.3 is 5.73 Å². The van der Waals surface area contributed by atoms with Crippen molar-refractivity contribution in [2.75, 3.05) is 0 Å². The third-order valence-electron chi connectivity index (χ3n) is 2.74. The summed E-state index contributed by atoms with van der Waals surface area (Å²) in [7, 11) is 0. The summed E-state index contributed by atoms with van der Waals surface area (Å²) < 4.78 is 0. The highest BCUT2D eigenvalue weighted by atomic mass is 14.8. The highest BCUT2D eigenvalue weighted by Crippen LogP contribution is 2.21. The van der Waals surface area contributed by atoms with Crippen LogP contribution in [0.3, 0.4) is 0 Å². The second-order valence-corrected chi connectivity index (χ2v) is 4.01. The van der Waals surface area contributed by atoms with Crippen LogP contribution in [0.1, 0.15) is 23.7 Å². The zero-order chi connectivity index (χ0) is 11.5. The maximum absolute atomic E-state index is 6.03. The molecule has 0 radical (unpaired) electrons. The Morgan fingerprint density at radius 2 is 2.19 bits per heavy atom. The molecule has 0 saturated carbocycles. The number of fused-ring (bicyclic) bond motifs is 1. The molecule has 0 aliphatic rings. The average Bonchev–Trinajstić information content (AvgIpc) is 2.29. The molecule has 82 valence electrons. The Morgan fingerprint density at radius 3 is 2.94 bits per heavy atom. The molecule has 0 fully saturated rings. The first kappa shape index (κ1) is 10.8. The van der Waals surface area contributed by atoms with E-state index in [1.54, 1.807) is 0 Å². The first-order valence-electron chi connectivity index (χ1n) is 5.45. The normalized spacial score (nSPS) is 12.6. The lowest BCUT2D eigenvalue weighted by Gasteiger charge is -2.11. The fourth-order valence-electron chi connectivity index (χ4n) is 1.87. The van der Waals surface area contributed by atoms with E-state index in [1.165, 1.54) is 10.9 Å². The highest BCUT2D eigenvalue weighted by molar-refractivity contribution is 5.82. The monoisotopic (exact) mass is 212 g/mol. The number of hydrogen-bond acceptors (Lipinski definition) is 2. The van der Waals surface area contributed by atoms with E-state index >= 15 is 0 Å². The van der Waals surface area contributed by atoms with Gasteiger partial charge in [0.15, 0.2) is 0 Å². The summed E-state index contributed by atoms with van der Waals surface area (Å²) in [5.41, 5.74) is 9.21. The fraction of sp³-hybridized carbons (Fsp3) is 0.214. The number of pyridine rings is 1. The summed E-state index contributed by atoms with van der Waals surface area (Å²) in [5, 5.41) is 1.19. The molecule has 2 nitrogen and oxygen atoms in total. The summed E-state index contributed by atoms with van der Waals surface area (Å²) in [6.07, 6.45) is 2.58. The van der Waals surface area contributed by atoms with Gasteiger partial charge in [-0.3, -0.25) is 4.98 Å². The number of nitrogens with zero attached hydrogens (tertiary/aromatic N) is 1. The van der Waals surface area contributed by atoms with Crippen molar-refractivity contribution in [3.05, 3.63) is 54.2 Å². The van der Waals surface area contributed by atoms with Crippen molar-refractivity contribution in [3.8, 4) is 0 Å². The molecule has 0 aliphatic heterocycles. The minimum absolute atomic E-state index is 0.0548. The van der Waals surface area contributed by atoms with Crippen LogP contribution < -0.4 is 5.73 Å². The number of aryl methyl sites for hydroxylation is 1. The Labute approximate surface area is 95.8 Å². The summed E-state index contributed by atoms with van der Waals surface area (Å²) in [4.78, 5) is 4.58. The number of hydrogen-bond donors (Lipinski definition) is 1. The minimum Gasteiger partial charge on any atom is -0.322 e. The van der Waals surface area contributed by atoms with E-state index < -0.39 is 0 Å². The summed E-state index contributed by atoms with van der Waals surface area (Å²) >= 11 is 0. The van der Waals surface area contributed by atoms with E-state index in [4.69, 9.17) is 5.73 Å². The van der Waals surface area contributed by atoms with Crippen LogP contribution in [-0.4, -0.2) is 4.98 Å². The number of rotatable bonds is 3. The predicted molar refractivity (Wildman–Crippen MR) is 68.2 cm³/mol. The van der Waals surface area contributed by atoms with Crippen molar-refractivity contribution in [1.29, 1.82) is 0 Å². The second-order valence-electron chi connectivity index (χ2n) is 4.01. The number of benzene rings is 1. The summed E-state index contributed by atoms with van der Waals surface area (Å²) in [6.45, 7) is 5.79. The van der Waals surface area contributed by atoms with E-state index in [0.29, 0.717) is 0 Å². The molecule has 2 aromatic rings. The molecule has 1 heterocycles. The van der Waals surface area contributed by atoms with E-state index in [1.807, 2.05) is 24.3 Å². The van der Waals surface area contributed by atoms with Gasteiger partial charge in [-0.15, -0.1) is 6.58 Å². The molecular weight excluding hydrogens is 196 g/mol. The van der Waals surface area contributed by atoms with Crippen LogP contribution in [0.5, 0.6) is 0 Å². The van der Waals surface area contributed by atoms with Crippen LogP contribution in [0.2, 0.25) is 0 Å². The topological polar surface area (TPSA) is 38.9 Å². The van der Waals surface area contributed by atoms with Crippen molar-refractivity contribution in [2.45, 2.75) is 19.4 Å². The average molecular weight is 212 g/mol. The van der Waals surface area contributed by atoms with E-state index in [0.717, 1.165) is 17.6 Å². The molecule has 16 heavy (non-hydrogen) atoms. The summed E-state index contributed by atoms with van der Waals surface area (Å²) in [5.74, 6) is 0. The highest BCUT2D eigenvalue weighted by Gasteiger charge is 2.08. The predicted octanol–water partition coefficient (Wildman–Crippen LogP) is 3.12. The van der Waals surface area contributed by atoms with E-state index in [9.17, 15) is 0 Å². The van der Waals surface area contributed by atoms with Crippen molar-refractivity contribution in [1.82, 2.24) is 4.98 Å². The second kappa shape index (κ2) is 4.45. The Hall–Kier alpha value is -1.67. The number of nitrogens with two attached hydrogens (primary N) is 1. The van der Waals surface area contributed by atoms with Crippen LogP contribution >= 0.6 is 0 Å². The third-order valence-corrected chi connectivity index (χ3v) is 2.74. The molecule has 0 amide bonds. The zero-order valence-electron chi connectivity index (χ0n) is 9.48. The lowest BCUT2D eigenvalue weighted by atomic mass is 10.0. The van der Waals surface area contributed by atoms with Crippen LogP contribution in [0.4, 0.5) is 0 Å². The van der Waals surface area contributed by atoms with Gasteiger partial charge in [-0.05, 0) is 31.0 Å². The van der Waals surface area contributed by atoms with Gasteiger partial charge >= 0.3 is 0 Å². The van der Waals surface area contributed by atoms with Gasteiger partial charge in [-0.25, -0.2) is 0 Å². The van der Waals surface area contributed by atoms with Crippen molar-refractivity contribution in [3.63, 3.8) is 0 Å². The smallest absolute Gasteiger partial charge is 0.0708 e. The maximum atomic E-state index is 6.03. The molecule has 0 spiro atoms. The van der Waals surface area contributed by atoms with Gasteiger partial charge in [0, 0.05) is 5.39 Å². The molecule has 1 aromatic carbocycles. The maximum Gasteiger partial charge on any atom is 0.0708 e. The van der Waals surface area contributed by atoms with Gasteiger partial charge in [-0.1, -0.05) is 24.3 Å². The Bertz CT molecular complexity index is 517. The zero-order valence-corrected chi connectivity index (χ0v) is 9.48. The Balaban J connectivity index is 2.53. The molecular formula is C14H16N2. The first-order chi connectivity index (χ1) is 7.72. The van der Waals surface area contributed by atoms with Gasteiger partial charge in [-0.2, -0.15) is 0 Å². The molecule has 0 saturated heterocycles. The van der Waals surface area contributed by atoms with Crippen LogP contribution in [0.15, 0.2) is 43.0 Å². The van der Waals surface area contributed by atoms with Gasteiger partial charge in [0.25, 0.3) is 0 Å². The Kier molecular flexibility index (Phi) is 3.02. The molecule has 2 N–H and O–H groups in total. The number of aromatic nitrogens is 1. The molecule has 1 aromatic heterocycles. The van der Waals surface area contributed by atoms with Gasteiger partial charge in [0.1, 0.15) is 0 Å². The van der Waals surface area contributed by atoms with Crippen LogP contribution in [0, 0.1) is 6.92 Å². The molecule has 1 unspecified atom stereocenters. The van der Waals surface area contributed by atoms with E-state index in [-0.39, 0.29) is 6.04 Å². The van der Waals surface area contributed by atoms with Crippen molar-refractivity contribution < 1.29 is 0 Å². The Morgan fingerprint density at radius 1 is 1.44 bits per heavy atom. The molecule has 2 heteroatoms. The fourth-order valence-corrected chi connectivity index (χ4v) is 1.87. The van der Waals surface area contributed by atoms with Crippen LogP contribution in [-0.2, 0) is 0 Å². The van der Waals surface area contributed by atoms with Crippen molar-refractivity contribution >= 4 is 10.9 Å². The van der Waals surface area contributed by atoms with Gasteiger partial charge in [0.05, 0.1) is 17.3 Å². The van der Waals surface area contributed by atoms with E-state index in [2.05, 4.69) is 30.6 Å². The molecule has 2 rings (SSSR count). The standard InChI is InChI=1S/C14H16N2/c1-3-6-12(15)14-9-10(2)11-7-4-5-8-13(11)16-14/h3-5,7-9,12H,1,6,15H2,2H3. The molecule has 0 bridgehead atoms. The lowest BCUT2D eigenvalue weighted by Crippen LogP contribution is -2.11. The SMILES string of the molecule is C=CCC(N)c1cc(C)c2ccccc2n1. The first-order valence-corrected chi connectivity index (χ1v) is 5.45. The molecule has 0 aliphatic carbocycles. The molecule has 1 atom stereocenters. The largest absolute Gasteiger partial charge is 0.322 e.